The van der Waals surface area contributed by atoms with E-state index in [1.807, 2.05) is 18.4 Å². The number of thiophene rings is 1. The van der Waals surface area contributed by atoms with Crippen LogP contribution in [0.15, 0.2) is 16.4 Å². The van der Waals surface area contributed by atoms with Gasteiger partial charge in [0.25, 0.3) is 0 Å². The molecule has 1 aromatic rings. The highest BCUT2D eigenvalue weighted by Crippen LogP contribution is 2.28. The van der Waals surface area contributed by atoms with Crippen molar-refractivity contribution >= 4 is 41.3 Å². The van der Waals surface area contributed by atoms with E-state index in [9.17, 15) is 0 Å². The van der Waals surface area contributed by atoms with E-state index in [4.69, 9.17) is 4.74 Å². The third-order valence-electron chi connectivity index (χ3n) is 5.06. The Bertz CT molecular complexity index is 561. The second kappa shape index (κ2) is 11.5. The standard InChI is InChI=1S/C19H32N4OS.HI/c1-15(23-9-6-18-17(13-23)7-11-25-18)12-22-19(20-2)21-8-3-10-24-14-16-4-5-16;/h7,11,15-16H,3-6,8-10,12-14H2,1-2H3,(H2,20,21,22);1H. The molecule has 1 atom stereocenters. The van der Waals surface area contributed by atoms with Gasteiger partial charge in [0.2, 0.25) is 0 Å². The van der Waals surface area contributed by atoms with Crippen molar-refractivity contribution in [1.29, 1.82) is 0 Å². The van der Waals surface area contributed by atoms with Crippen molar-refractivity contribution < 1.29 is 4.74 Å². The van der Waals surface area contributed by atoms with Gasteiger partial charge in [-0.25, -0.2) is 0 Å². The number of nitrogens with zero attached hydrogens (tertiary/aromatic N) is 2. The third-order valence-corrected chi connectivity index (χ3v) is 6.08. The van der Waals surface area contributed by atoms with E-state index < -0.39 is 0 Å². The summed E-state index contributed by atoms with van der Waals surface area (Å²) in [6.45, 7) is 8.13. The zero-order chi connectivity index (χ0) is 17.5. The summed E-state index contributed by atoms with van der Waals surface area (Å²) in [6.07, 6.45) is 4.93. The molecule has 148 valence electrons. The fourth-order valence-corrected chi connectivity index (χ4v) is 4.05. The highest BCUT2D eigenvalue weighted by Gasteiger charge is 2.22. The Labute approximate surface area is 179 Å². The number of halogens is 1. The highest BCUT2D eigenvalue weighted by molar-refractivity contribution is 14.0. The van der Waals surface area contributed by atoms with Crippen molar-refractivity contribution in [3.05, 3.63) is 21.9 Å². The predicted octanol–water partition coefficient (Wildman–Crippen LogP) is 3.09. The minimum atomic E-state index is 0. The maximum atomic E-state index is 5.67. The Morgan fingerprint density at radius 2 is 2.27 bits per heavy atom. The molecule has 0 saturated heterocycles. The van der Waals surface area contributed by atoms with Gasteiger partial charge in [0.1, 0.15) is 0 Å². The molecule has 1 aliphatic heterocycles. The van der Waals surface area contributed by atoms with E-state index in [1.54, 1.807) is 4.88 Å². The second-order valence-electron chi connectivity index (χ2n) is 7.19. The number of hydrogen-bond acceptors (Lipinski definition) is 4. The van der Waals surface area contributed by atoms with Crippen molar-refractivity contribution in [3.63, 3.8) is 0 Å². The highest BCUT2D eigenvalue weighted by atomic mass is 127. The first kappa shape index (κ1) is 21.9. The van der Waals surface area contributed by atoms with Crippen LogP contribution in [0.1, 0.15) is 36.6 Å². The summed E-state index contributed by atoms with van der Waals surface area (Å²) in [6, 6.07) is 2.77. The lowest BCUT2D eigenvalue weighted by Crippen LogP contribution is -2.47. The summed E-state index contributed by atoms with van der Waals surface area (Å²) < 4.78 is 5.67. The summed E-state index contributed by atoms with van der Waals surface area (Å²) in [4.78, 5) is 8.45. The van der Waals surface area contributed by atoms with Crippen molar-refractivity contribution in [2.24, 2.45) is 10.9 Å². The van der Waals surface area contributed by atoms with Gasteiger partial charge in [0.05, 0.1) is 0 Å². The van der Waals surface area contributed by atoms with E-state index in [0.717, 1.165) is 57.7 Å². The van der Waals surface area contributed by atoms with Crippen molar-refractivity contribution in [2.45, 2.75) is 45.2 Å². The summed E-state index contributed by atoms with van der Waals surface area (Å²) >= 11 is 1.90. The lowest BCUT2D eigenvalue weighted by molar-refractivity contribution is 0.123. The minimum Gasteiger partial charge on any atom is -0.381 e. The number of nitrogens with one attached hydrogen (secondary N) is 2. The number of fused-ring (bicyclic) bond motifs is 1. The van der Waals surface area contributed by atoms with E-state index in [1.165, 1.54) is 24.8 Å². The normalized spacial score (nSPS) is 18.8. The Balaban J connectivity index is 0.00000243. The number of rotatable bonds is 9. The largest absolute Gasteiger partial charge is 0.381 e. The molecule has 1 aromatic heterocycles. The molecule has 26 heavy (non-hydrogen) atoms. The van der Waals surface area contributed by atoms with E-state index >= 15 is 0 Å². The molecule has 2 heterocycles. The first-order chi connectivity index (χ1) is 12.3. The smallest absolute Gasteiger partial charge is 0.191 e. The van der Waals surface area contributed by atoms with Crippen LogP contribution in [0.5, 0.6) is 0 Å². The number of hydrogen-bond donors (Lipinski definition) is 2. The minimum absolute atomic E-state index is 0. The fourth-order valence-electron chi connectivity index (χ4n) is 3.16. The van der Waals surface area contributed by atoms with E-state index in [2.05, 4.69) is 38.9 Å². The molecule has 0 spiro atoms. The van der Waals surface area contributed by atoms with Crippen molar-refractivity contribution in [1.82, 2.24) is 15.5 Å². The molecule has 0 amide bonds. The second-order valence-corrected chi connectivity index (χ2v) is 8.19. The molecular weight excluding hydrogens is 459 g/mol. The van der Waals surface area contributed by atoms with Crippen LogP contribution < -0.4 is 10.6 Å². The Hall–Kier alpha value is -0.380. The predicted molar refractivity (Wildman–Crippen MR) is 121 cm³/mol. The maximum Gasteiger partial charge on any atom is 0.191 e. The number of ether oxygens (including phenoxy) is 1. The summed E-state index contributed by atoms with van der Waals surface area (Å²) in [7, 11) is 1.84. The van der Waals surface area contributed by atoms with Crippen LogP contribution >= 0.6 is 35.3 Å². The van der Waals surface area contributed by atoms with Crippen LogP contribution in [-0.2, 0) is 17.7 Å². The molecule has 1 fully saturated rings. The van der Waals surface area contributed by atoms with Gasteiger partial charge in [-0.05, 0) is 55.5 Å². The summed E-state index contributed by atoms with van der Waals surface area (Å²) in [5.74, 6) is 1.74. The van der Waals surface area contributed by atoms with Crippen molar-refractivity contribution in [3.8, 4) is 0 Å². The first-order valence-electron chi connectivity index (χ1n) is 9.58. The van der Waals surface area contributed by atoms with Crippen LogP contribution in [0, 0.1) is 5.92 Å². The van der Waals surface area contributed by atoms with E-state index in [0.29, 0.717) is 6.04 Å². The van der Waals surface area contributed by atoms with Gasteiger partial charge in [-0.1, -0.05) is 0 Å². The van der Waals surface area contributed by atoms with Gasteiger partial charge in [0, 0.05) is 57.4 Å². The molecule has 1 saturated carbocycles. The van der Waals surface area contributed by atoms with Gasteiger partial charge in [0.15, 0.2) is 5.96 Å². The average Bonchev–Trinajstić information content (AvgIpc) is 3.34. The Morgan fingerprint density at radius 3 is 3.04 bits per heavy atom. The Morgan fingerprint density at radius 1 is 1.42 bits per heavy atom. The lowest BCUT2D eigenvalue weighted by atomic mass is 10.1. The zero-order valence-electron chi connectivity index (χ0n) is 16.0. The van der Waals surface area contributed by atoms with Crippen molar-refractivity contribution in [2.75, 3.05) is 39.9 Å². The molecule has 7 heteroatoms. The van der Waals surface area contributed by atoms with Crippen LogP contribution in [-0.4, -0.2) is 56.8 Å². The van der Waals surface area contributed by atoms with Crippen LogP contribution in [0.3, 0.4) is 0 Å². The number of aliphatic imine (C=N–C) groups is 1. The molecule has 0 bridgehead atoms. The van der Waals surface area contributed by atoms with E-state index in [-0.39, 0.29) is 24.0 Å². The van der Waals surface area contributed by atoms with Gasteiger partial charge >= 0.3 is 0 Å². The van der Waals surface area contributed by atoms with Gasteiger partial charge in [-0.3, -0.25) is 9.89 Å². The lowest BCUT2D eigenvalue weighted by Gasteiger charge is -2.32. The molecule has 1 aliphatic carbocycles. The molecular formula is C19H33IN4OS. The van der Waals surface area contributed by atoms with Gasteiger partial charge < -0.3 is 15.4 Å². The fraction of sp³-hybridized carbons (Fsp3) is 0.737. The third kappa shape index (κ3) is 6.98. The topological polar surface area (TPSA) is 48.9 Å². The monoisotopic (exact) mass is 492 g/mol. The van der Waals surface area contributed by atoms with Gasteiger partial charge in [-0.2, -0.15) is 0 Å². The molecule has 5 nitrogen and oxygen atoms in total. The molecule has 3 rings (SSSR count). The van der Waals surface area contributed by atoms with Crippen LogP contribution in [0.4, 0.5) is 0 Å². The van der Waals surface area contributed by atoms with Crippen LogP contribution in [0.2, 0.25) is 0 Å². The Kier molecular flexibility index (Phi) is 9.66. The molecule has 2 aliphatic rings. The van der Waals surface area contributed by atoms with Gasteiger partial charge in [-0.15, -0.1) is 35.3 Å². The molecule has 0 aromatic carbocycles. The SMILES string of the molecule is CN=C(NCCCOCC1CC1)NCC(C)N1CCc2sccc2C1.I. The quantitative estimate of drug-likeness (QED) is 0.241. The zero-order valence-corrected chi connectivity index (χ0v) is 19.1. The summed E-state index contributed by atoms with van der Waals surface area (Å²) in [5, 5.41) is 9.07. The average molecular weight is 492 g/mol. The first-order valence-corrected chi connectivity index (χ1v) is 10.5. The number of guanidine groups is 1. The molecule has 1 unspecified atom stereocenters. The molecule has 2 N–H and O–H groups in total. The molecule has 0 radical (unpaired) electrons. The maximum absolute atomic E-state index is 5.67. The van der Waals surface area contributed by atoms with Crippen LogP contribution in [0.25, 0.3) is 0 Å². The summed E-state index contributed by atoms with van der Waals surface area (Å²) in [5.41, 5.74) is 1.51.